The van der Waals surface area contributed by atoms with Crippen LogP contribution in [-0.2, 0) is 6.54 Å². The van der Waals surface area contributed by atoms with Gasteiger partial charge in [-0.15, -0.1) is 0 Å². The Morgan fingerprint density at radius 3 is 2.48 bits per heavy atom. The van der Waals surface area contributed by atoms with E-state index in [9.17, 15) is 4.79 Å². The first-order chi connectivity index (χ1) is 11.2. The molecule has 4 nitrogen and oxygen atoms in total. The number of carbonyl (C=O) groups excluding carboxylic acids is 1. The van der Waals surface area contributed by atoms with Crippen LogP contribution in [0, 0.1) is 0 Å². The van der Waals surface area contributed by atoms with Gasteiger partial charge in [-0.1, -0.05) is 24.3 Å². The van der Waals surface area contributed by atoms with Gasteiger partial charge in [0.05, 0.1) is 7.11 Å². The van der Waals surface area contributed by atoms with Gasteiger partial charge < -0.3 is 10.5 Å². The van der Waals surface area contributed by atoms with Crippen LogP contribution in [0.2, 0.25) is 0 Å². The molecule has 0 radical (unpaired) electrons. The molecule has 1 heterocycles. The third-order valence-electron chi connectivity index (χ3n) is 4.49. The van der Waals surface area contributed by atoms with Crippen molar-refractivity contribution in [1.29, 1.82) is 0 Å². The van der Waals surface area contributed by atoms with Crippen LogP contribution in [0.3, 0.4) is 0 Å². The molecular formula is C19H22N2O2. The van der Waals surface area contributed by atoms with E-state index in [0.29, 0.717) is 11.6 Å². The van der Waals surface area contributed by atoms with Crippen LogP contribution in [0.5, 0.6) is 5.75 Å². The van der Waals surface area contributed by atoms with E-state index in [1.807, 2.05) is 24.3 Å². The second-order valence-electron chi connectivity index (χ2n) is 5.96. The lowest BCUT2D eigenvalue weighted by Crippen LogP contribution is -2.22. The molecule has 0 unspecified atom stereocenters. The maximum Gasteiger partial charge on any atom is 0.248 e. The summed E-state index contributed by atoms with van der Waals surface area (Å²) in [5, 5.41) is 0. The van der Waals surface area contributed by atoms with Crippen molar-refractivity contribution in [3.8, 4) is 5.75 Å². The van der Waals surface area contributed by atoms with Gasteiger partial charge in [-0.3, -0.25) is 9.69 Å². The molecule has 120 valence electrons. The summed E-state index contributed by atoms with van der Waals surface area (Å²) in [5.74, 6) is 0.508. The van der Waals surface area contributed by atoms with E-state index in [-0.39, 0.29) is 5.91 Å². The van der Waals surface area contributed by atoms with E-state index in [0.717, 1.165) is 18.8 Å². The molecule has 1 aliphatic heterocycles. The van der Waals surface area contributed by atoms with Crippen LogP contribution >= 0.6 is 0 Å². The monoisotopic (exact) mass is 310 g/mol. The Hall–Kier alpha value is -2.33. The quantitative estimate of drug-likeness (QED) is 0.923. The lowest BCUT2D eigenvalue weighted by Gasteiger charge is -2.25. The van der Waals surface area contributed by atoms with Crippen LogP contribution in [-0.4, -0.2) is 24.5 Å². The summed E-state index contributed by atoms with van der Waals surface area (Å²) in [7, 11) is 1.69. The highest BCUT2D eigenvalue weighted by molar-refractivity contribution is 5.92. The number of carbonyl (C=O) groups is 1. The summed E-state index contributed by atoms with van der Waals surface area (Å²) in [6.45, 7) is 1.98. The first-order valence-electron chi connectivity index (χ1n) is 7.94. The van der Waals surface area contributed by atoms with Crippen molar-refractivity contribution in [3.63, 3.8) is 0 Å². The van der Waals surface area contributed by atoms with E-state index in [1.54, 1.807) is 19.2 Å². The van der Waals surface area contributed by atoms with Gasteiger partial charge >= 0.3 is 0 Å². The summed E-state index contributed by atoms with van der Waals surface area (Å²) in [6.07, 6.45) is 2.38. The van der Waals surface area contributed by atoms with Gasteiger partial charge in [-0.25, -0.2) is 0 Å². The minimum Gasteiger partial charge on any atom is -0.497 e. The predicted molar refractivity (Wildman–Crippen MR) is 90.3 cm³/mol. The second kappa shape index (κ2) is 6.84. The molecule has 0 spiro atoms. The molecule has 0 aliphatic carbocycles. The number of benzene rings is 2. The molecule has 1 amide bonds. The Morgan fingerprint density at radius 1 is 1.17 bits per heavy atom. The van der Waals surface area contributed by atoms with E-state index < -0.39 is 0 Å². The van der Waals surface area contributed by atoms with Crippen LogP contribution < -0.4 is 10.5 Å². The zero-order valence-electron chi connectivity index (χ0n) is 13.4. The third kappa shape index (κ3) is 3.54. The summed E-state index contributed by atoms with van der Waals surface area (Å²) in [6, 6.07) is 16.4. The number of likely N-dealkylation sites (tertiary alicyclic amines) is 1. The third-order valence-corrected chi connectivity index (χ3v) is 4.49. The Balaban J connectivity index is 1.72. The Morgan fingerprint density at radius 2 is 1.87 bits per heavy atom. The lowest BCUT2D eigenvalue weighted by molar-refractivity contribution is 0.100. The molecule has 23 heavy (non-hydrogen) atoms. The molecule has 1 fully saturated rings. The zero-order chi connectivity index (χ0) is 16.2. The van der Waals surface area contributed by atoms with Gasteiger partial charge in [0.25, 0.3) is 0 Å². The molecular weight excluding hydrogens is 288 g/mol. The average Bonchev–Trinajstić information content (AvgIpc) is 3.03. The van der Waals surface area contributed by atoms with E-state index in [1.165, 1.54) is 24.0 Å². The molecule has 3 rings (SSSR count). The van der Waals surface area contributed by atoms with Crippen molar-refractivity contribution in [2.24, 2.45) is 5.73 Å². The van der Waals surface area contributed by atoms with Gasteiger partial charge in [0.2, 0.25) is 5.91 Å². The number of rotatable bonds is 5. The average molecular weight is 310 g/mol. The number of hydrogen-bond acceptors (Lipinski definition) is 3. The van der Waals surface area contributed by atoms with Gasteiger partial charge in [0, 0.05) is 18.2 Å². The Bertz CT molecular complexity index is 665. The van der Waals surface area contributed by atoms with Crippen molar-refractivity contribution in [2.75, 3.05) is 13.7 Å². The fourth-order valence-corrected chi connectivity index (χ4v) is 3.23. The highest BCUT2D eigenvalue weighted by Crippen LogP contribution is 2.33. The second-order valence-corrected chi connectivity index (χ2v) is 5.96. The highest BCUT2D eigenvalue weighted by Gasteiger charge is 2.25. The summed E-state index contributed by atoms with van der Waals surface area (Å²) >= 11 is 0. The number of nitrogens with zero attached hydrogens (tertiary/aromatic N) is 1. The molecule has 2 aromatic rings. The number of hydrogen-bond donors (Lipinski definition) is 1. The summed E-state index contributed by atoms with van der Waals surface area (Å²) in [5.41, 5.74) is 8.38. The number of primary amides is 1. The molecule has 0 saturated carbocycles. The SMILES string of the molecule is COc1ccc([C@@H]2CCCN2Cc2ccc(C(N)=O)cc2)cc1. The minimum absolute atomic E-state index is 0.381. The van der Waals surface area contributed by atoms with Crippen molar-refractivity contribution < 1.29 is 9.53 Å². The zero-order valence-corrected chi connectivity index (χ0v) is 13.4. The fraction of sp³-hybridized carbons (Fsp3) is 0.316. The maximum absolute atomic E-state index is 11.1. The topological polar surface area (TPSA) is 55.6 Å². The van der Waals surface area contributed by atoms with Crippen molar-refractivity contribution in [1.82, 2.24) is 4.90 Å². The standard InChI is InChI=1S/C19H22N2O2/c1-23-17-10-8-15(9-11-17)18-3-2-12-21(18)13-14-4-6-16(7-5-14)19(20)22/h4-11,18H,2-3,12-13H2,1H3,(H2,20,22)/t18-/m0/s1. The molecule has 0 aromatic heterocycles. The Labute approximate surface area is 136 Å². The maximum atomic E-state index is 11.1. The van der Waals surface area contributed by atoms with Crippen LogP contribution in [0.1, 0.15) is 40.4 Å². The molecule has 1 atom stereocenters. The smallest absolute Gasteiger partial charge is 0.248 e. The van der Waals surface area contributed by atoms with E-state index in [4.69, 9.17) is 10.5 Å². The van der Waals surface area contributed by atoms with Crippen LogP contribution in [0.25, 0.3) is 0 Å². The lowest BCUT2D eigenvalue weighted by atomic mass is 10.0. The highest BCUT2D eigenvalue weighted by atomic mass is 16.5. The van der Waals surface area contributed by atoms with E-state index >= 15 is 0 Å². The first-order valence-corrected chi connectivity index (χ1v) is 7.94. The number of methoxy groups -OCH3 is 1. The van der Waals surface area contributed by atoms with Crippen molar-refractivity contribution >= 4 is 5.91 Å². The molecule has 2 aromatic carbocycles. The van der Waals surface area contributed by atoms with Gasteiger partial charge in [0.1, 0.15) is 5.75 Å². The van der Waals surface area contributed by atoms with Crippen LogP contribution in [0.15, 0.2) is 48.5 Å². The summed E-state index contributed by atoms with van der Waals surface area (Å²) in [4.78, 5) is 13.6. The molecule has 1 aliphatic rings. The van der Waals surface area contributed by atoms with Gasteiger partial charge in [0.15, 0.2) is 0 Å². The first kappa shape index (κ1) is 15.6. The molecule has 2 N–H and O–H groups in total. The molecule has 4 heteroatoms. The van der Waals surface area contributed by atoms with Crippen molar-refractivity contribution in [2.45, 2.75) is 25.4 Å². The molecule has 0 bridgehead atoms. The van der Waals surface area contributed by atoms with Crippen molar-refractivity contribution in [3.05, 3.63) is 65.2 Å². The molecule has 1 saturated heterocycles. The van der Waals surface area contributed by atoms with Crippen LogP contribution in [0.4, 0.5) is 0 Å². The summed E-state index contributed by atoms with van der Waals surface area (Å²) < 4.78 is 5.23. The normalized spacial score (nSPS) is 18.0. The largest absolute Gasteiger partial charge is 0.497 e. The Kier molecular flexibility index (Phi) is 4.63. The predicted octanol–water partition coefficient (Wildman–Crippen LogP) is 3.13. The minimum atomic E-state index is -0.381. The van der Waals surface area contributed by atoms with Gasteiger partial charge in [-0.2, -0.15) is 0 Å². The number of amides is 1. The number of nitrogens with two attached hydrogens (primary N) is 1. The fourth-order valence-electron chi connectivity index (χ4n) is 3.23. The van der Waals surface area contributed by atoms with E-state index in [2.05, 4.69) is 17.0 Å². The number of ether oxygens (including phenoxy) is 1. The van der Waals surface area contributed by atoms with Gasteiger partial charge in [-0.05, 0) is 54.8 Å².